The maximum atomic E-state index is 12.4. The Hall–Kier alpha value is -0.850. The molecule has 102 valence electrons. The van der Waals surface area contributed by atoms with Crippen LogP contribution in [-0.2, 0) is 16.6 Å². The van der Waals surface area contributed by atoms with Crippen LogP contribution in [0.5, 0.6) is 0 Å². The molecule has 1 atom stereocenters. The van der Waals surface area contributed by atoms with Crippen molar-refractivity contribution in [2.24, 2.45) is 5.92 Å². The van der Waals surface area contributed by atoms with Crippen molar-refractivity contribution in [2.45, 2.75) is 31.2 Å². The third kappa shape index (κ3) is 2.76. The number of rotatable bonds is 4. The zero-order valence-electron chi connectivity index (χ0n) is 10.9. The summed E-state index contributed by atoms with van der Waals surface area (Å²) >= 11 is 0. The van der Waals surface area contributed by atoms with Crippen molar-refractivity contribution in [3.63, 3.8) is 0 Å². The van der Waals surface area contributed by atoms with Crippen LogP contribution in [-0.4, -0.2) is 37.8 Å². The molecule has 0 aromatic carbocycles. The van der Waals surface area contributed by atoms with E-state index in [1.807, 2.05) is 7.05 Å². The van der Waals surface area contributed by atoms with E-state index in [-0.39, 0.29) is 0 Å². The van der Waals surface area contributed by atoms with Gasteiger partial charge in [-0.25, -0.2) is 8.42 Å². The van der Waals surface area contributed by atoms with E-state index in [4.69, 9.17) is 0 Å². The molecule has 1 aromatic heterocycles. The highest BCUT2D eigenvalue weighted by atomic mass is 32.2. The van der Waals surface area contributed by atoms with Gasteiger partial charge in [-0.15, -0.1) is 0 Å². The predicted octanol–water partition coefficient (Wildman–Crippen LogP) is 1.15. The van der Waals surface area contributed by atoms with Crippen LogP contribution in [0.15, 0.2) is 17.2 Å². The summed E-state index contributed by atoms with van der Waals surface area (Å²) in [6.45, 7) is 4.02. The van der Waals surface area contributed by atoms with Gasteiger partial charge in [0, 0.05) is 31.5 Å². The first-order valence-corrected chi connectivity index (χ1v) is 7.80. The van der Waals surface area contributed by atoms with Gasteiger partial charge < -0.3 is 10.3 Å². The Morgan fingerprint density at radius 2 is 2.33 bits per heavy atom. The lowest BCUT2D eigenvalue weighted by atomic mass is 10.0. The Labute approximate surface area is 109 Å². The monoisotopic (exact) mass is 271 g/mol. The second-order valence-electron chi connectivity index (χ2n) is 5.00. The molecule has 0 radical (unpaired) electrons. The summed E-state index contributed by atoms with van der Waals surface area (Å²) in [7, 11) is -1.48. The molecular weight excluding hydrogens is 250 g/mol. The minimum absolute atomic E-state index is 0.377. The molecule has 1 fully saturated rings. The highest BCUT2D eigenvalue weighted by Gasteiger charge is 2.29. The maximum Gasteiger partial charge on any atom is 0.244 e. The van der Waals surface area contributed by atoms with Crippen molar-refractivity contribution in [1.82, 2.24) is 14.6 Å². The maximum absolute atomic E-state index is 12.4. The SMILES string of the molecule is CNCc1cc(S(=O)(=O)N2CCCC(C)C2)c[nH]1. The van der Waals surface area contributed by atoms with Gasteiger partial charge in [0.2, 0.25) is 10.0 Å². The summed E-state index contributed by atoms with van der Waals surface area (Å²) in [6, 6.07) is 1.71. The molecule has 0 saturated carbocycles. The molecule has 2 N–H and O–H groups in total. The molecule has 2 rings (SSSR count). The van der Waals surface area contributed by atoms with Crippen molar-refractivity contribution in [2.75, 3.05) is 20.1 Å². The van der Waals surface area contributed by atoms with Crippen LogP contribution >= 0.6 is 0 Å². The molecule has 5 nitrogen and oxygen atoms in total. The normalized spacial score (nSPS) is 22.2. The van der Waals surface area contributed by atoms with E-state index in [9.17, 15) is 8.42 Å². The molecular formula is C12H21N3O2S. The minimum Gasteiger partial charge on any atom is -0.363 e. The third-order valence-electron chi connectivity index (χ3n) is 3.34. The number of aromatic amines is 1. The summed E-state index contributed by atoms with van der Waals surface area (Å²) in [6.07, 6.45) is 3.65. The third-order valence-corrected chi connectivity index (χ3v) is 5.18. The van der Waals surface area contributed by atoms with Crippen molar-refractivity contribution in [3.05, 3.63) is 18.0 Å². The Kier molecular flexibility index (Phi) is 4.09. The molecule has 1 unspecified atom stereocenters. The Morgan fingerprint density at radius 3 is 3.00 bits per heavy atom. The zero-order chi connectivity index (χ0) is 13.2. The van der Waals surface area contributed by atoms with Crippen molar-refractivity contribution in [1.29, 1.82) is 0 Å². The van der Waals surface area contributed by atoms with Gasteiger partial charge in [-0.3, -0.25) is 0 Å². The quantitative estimate of drug-likeness (QED) is 0.863. The summed E-state index contributed by atoms with van der Waals surface area (Å²) < 4.78 is 26.5. The second kappa shape index (κ2) is 5.42. The largest absolute Gasteiger partial charge is 0.363 e. The molecule has 2 heterocycles. The molecule has 1 aliphatic rings. The number of hydrogen-bond acceptors (Lipinski definition) is 3. The molecule has 18 heavy (non-hydrogen) atoms. The summed E-state index contributed by atoms with van der Waals surface area (Å²) in [5, 5.41) is 3.00. The van der Waals surface area contributed by atoms with Gasteiger partial charge in [0.1, 0.15) is 0 Å². The topological polar surface area (TPSA) is 65.2 Å². The Morgan fingerprint density at radius 1 is 1.56 bits per heavy atom. The highest BCUT2D eigenvalue weighted by Crippen LogP contribution is 2.23. The zero-order valence-corrected chi connectivity index (χ0v) is 11.8. The van der Waals surface area contributed by atoms with Crippen LogP contribution < -0.4 is 5.32 Å². The number of hydrogen-bond donors (Lipinski definition) is 2. The van der Waals surface area contributed by atoms with Crippen molar-refractivity contribution < 1.29 is 8.42 Å². The molecule has 0 spiro atoms. The summed E-state index contributed by atoms with van der Waals surface area (Å²) in [5.41, 5.74) is 0.890. The van der Waals surface area contributed by atoms with Crippen molar-refractivity contribution in [3.8, 4) is 0 Å². The lowest BCUT2D eigenvalue weighted by Gasteiger charge is -2.29. The smallest absolute Gasteiger partial charge is 0.244 e. The number of aromatic nitrogens is 1. The second-order valence-corrected chi connectivity index (χ2v) is 6.94. The van der Waals surface area contributed by atoms with Gasteiger partial charge in [-0.2, -0.15) is 4.31 Å². The highest BCUT2D eigenvalue weighted by molar-refractivity contribution is 7.89. The fourth-order valence-corrected chi connectivity index (χ4v) is 3.99. The lowest BCUT2D eigenvalue weighted by molar-refractivity contribution is 0.281. The first-order valence-electron chi connectivity index (χ1n) is 6.36. The summed E-state index contributed by atoms with van der Waals surface area (Å²) in [4.78, 5) is 3.37. The van der Waals surface area contributed by atoms with E-state index >= 15 is 0 Å². The van der Waals surface area contributed by atoms with Crippen LogP contribution in [0, 0.1) is 5.92 Å². The van der Waals surface area contributed by atoms with Gasteiger partial charge >= 0.3 is 0 Å². The predicted molar refractivity (Wildman–Crippen MR) is 70.7 cm³/mol. The summed E-state index contributed by atoms with van der Waals surface area (Å²) in [5.74, 6) is 0.448. The van der Waals surface area contributed by atoms with E-state index in [0.717, 1.165) is 18.5 Å². The van der Waals surface area contributed by atoms with Gasteiger partial charge in [0.05, 0.1) is 4.90 Å². The molecule has 6 heteroatoms. The average Bonchev–Trinajstić information content (AvgIpc) is 2.79. The molecule has 0 amide bonds. The Balaban J connectivity index is 2.18. The number of sulfonamides is 1. The van der Waals surface area contributed by atoms with Crippen molar-refractivity contribution >= 4 is 10.0 Å². The number of nitrogens with one attached hydrogen (secondary N) is 2. The fourth-order valence-electron chi connectivity index (χ4n) is 2.37. The van der Waals surface area contributed by atoms with Crippen LogP contribution in [0.2, 0.25) is 0 Å². The number of H-pyrrole nitrogens is 1. The van der Waals surface area contributed by atoms with E-state index in [1.54, 1.807) is 16.6 Å². The molecule has 1 saturated heterocycles. The van der Waals surface area contributed by atoms with Gasteiger partial charge in [0.15, 0.2) is 0 Å². The van der Waals surface area contributed by atoms with Gasteiger partial charge in [-0.1, -0.05) is 6.92 Å². The first-order chi connectivity index (χ1) is 8.54. The molecule has 0 bridgehead atoms. The van der Waals surface area contributed by atoms with Crippen LogP contribution in [0.1, 0.15) is 25.5 Å². The van der Waals surface area contributed by atoms with Gasteiger partial charge in [-0.05, 0) is 31.9 Å². The Bertz CT molecular complexity index is 495. The minimum atomic E-state index is -3.32. The molecule has 0 aliphatic carbocycles. The van der Waals surface area contributed by atoms with Gasteiger partial charge in [0.25, 0.3) is 0 Å². The van der Waals surface area contributed by atoms with Crippen LogP contribution in [0.25, 0.3) is 0 Å². The molecule has 1 aromatic rings. The van der Waals surface area contributed by atoms with E-state index in [2.05, 4.69) is 17.2 Å². The van der Waals surface area contributed by atoms with E-state index in [0.29, 0.717) is 30.4 Å². The first kappa shape index (κ1) is 13.6. The number of nitrogens with zero attached hydrogens (tertiary/aromatic N) is 1. The lowest BCUT2D eigenvalue weighted by Crippen LogP contribution is -2.38. The standard InChI is InChI=1S/C12H21N3O2S/c1-10-4-3-5-15(9-10)18(16,17)12-6-11(7-13-2)14-8-12/h6,8,10,13-14H,3-5,7,9H2,1-2H3. The fraction of sp³-hybridized carbons (Fsp3) is 0.667. The average molecular weight is 271 g/mol. The van der Waals surface area contributed by atoms with Crippen LogP contribution in [0.4, 0.5) is 0 Å². The van der Waals surface area contributed by atoms with Crippen LogP contribution in [0.3, 0.4) is 0 Å². The van der Waals surface area contributed by atoms with E-state index in [1.165, 1.54) is 0 Å². The molecule has 1 aliphatic heterocycles. The van der Waals surface area contributed by atoms with E-state index < -0.39 is 10.0 Å². The number of piperidine rings is 1.